The summed E-state index contributed by atoms with van der Waals surface area (Å²) in [5.74, 6) is -0.905. The number of amides is 5. The number of ether oxygens (including phenoxy) is 3. The summed E-state index contributed by atoms with van der Waals surface area (Å²) in [4.78, 5) is 51.7. The molecule has 40 heavy (non-hydrogen) atoms. The lowest BCUT2D eigenvalue weighted by Gasteiger charge is -2.26. The van der Waals surface area contributed by atoms with E-state index in [0.29, 0.717) is 37.9 Å². The molecule has 0 unspecified atom stereocenters. The largest absolute Gasteiger partial charge is 0.494 e. The normalized spacial score (nSPS) is 14.2. The monoisotopic (exact) mass is 675 g/mol. The maximum Gasteiger partial charge on any atom is 0.335 e. The van der Waals surface area contributed by atoms with Gasteiger partial charge in [0.1, 0.15) is 11.3 Å². The predicted octanol–water partition coefficient (Wildman–Crippen LogP) is 5.04. The van der Waals surface area contributed by atoms with Crippen molar-refractivity contribution in [3.8, 4) is 17.2 Å². The van der Waals surface area contributed by atoms with Crippen molar-refractivity contribution in [2.24, 2.45) is 0 Å². The summed E-state index contributed by atoms with van der Waals surface area (Å²) in [6, 6.07) is 15.5. The van der Waals surface area contributed by atoms with Crippen molar-refractivity contribution < 1.29 is 33.4 Å². The third-order valence-corrected chi connectivity index (χ3v) is 6.70. The molecule has 2 N–H and O–H groups in total. The molecule has 10 nitrogen and oxygen atoms in total. The van der Waals surface area contributed by atoms with Crippen molar-refractivity contribution in [3.63, 3.8) is 0 Å². The van der Waals surface area contributed by atoms with Crippen molar-refractivity contribution in [3.05, 3.63) is 80.4 Å². The summed E-state index contributed by atoms with van der Waals surface area (Å²) in [7, 11) is 1.42. The van der Waals surface area contributed by atoms with Crippen LogP contribution in [0.4, 0.5) is 16.2 Å². The first-order valence-electron chi connectivity index (χ1n) is 11.9. The first kappa shape index (κ1) is 28.9. The number of anilines is 2. The Kier molecular flexibility index (Phi) is 9.27. The summed E-state index contributed by atoms with van der Waals surface area (Å²) in [5, 5.41) is 5.26. The topological polar surface area (TPSA) is 123 Å². The Bertz CT molecular complexity index is 1510. The highest BCUT2D eigenvalue weighted by Crippen LogP contribution is 2.35. The molecule has 0 saturated carbocycles. The number of benzene rings is 3. The molecule has 0 spiro atoms. The van der Waals surface area contributed by atoms with Crippen molar-refractivity contribution in [2.45, 2.75) is 6.92 Å². The second-order valence-electron chi connectivity index (χ2n) is 8.24. The van der Waals surface area contributed by atoms with Crippen LogP contribution in [0.5, 0.6) is 17.2 Å². The third kappa shape index (κ3) is 6.54. The van der Waals surface area contributed by atoms with Crippen LogP contribution in [0.25, 0.3) is 6.08 Å². The minimum absolute atomic E-state index is 0.251. The van der Waals surface area contributed by atoms with Gasteiger partial charge < -0.3 is 19.5 Å². The van der Waals surface area contributed by atoms with Crippen molar-refractivity contribution >= 4 is 75.4 Å². The van der Waals surface area contributed by atoms with Crippen LogP contribution in [0.15, 0.2) is 66.2 Å². The second kappa shape index (κ2) is 12.8. The molecule has 12 heteroatoms. The van der Waals surface area contributed by atoms with E-state index in [4.69, 9.17) is 25.8 Å². The van der Waals surface area contributed by atoms with E-state index in [9.17, 15) is 19.2 Å². The second-order valence-corrected chi connectivity index (χ2v) is 9.80. The van der Waals surface area contributed by atoms with E-state index in [1.165, 1.54) is 13.2 Å². The molecule has 1 aliphatic rings. The Balaban J connectivity index is 1.55. The zero-order valence-corrected chi connectivity index (χ0v) is 24.2. The Morgan fingerprint density at radius 2 is 1.80 bits per heavy atom. The van der Waals surface area contributed by atoms with Gasteiger partial charge in [-0.05, 0) is 89.7 Å². The molecule has 5 amide bonds. The molecule has 1 heterocycles. The molecule has 4 rings (SSSR count). The number of carbonyl (C=O) groups excluding carboxylic acids is 4. The number of methoxy groups -OCH3 is 1. The fraction of sp³-hybridized carbons (Fsp3) is 0.143. The molecule has 0 aliphatic carbocycles. The SMILES string of the molecule is CCOc1ccc(N2C(=O)NC(=O)/C(=C\c3cc(I)c(OCC(=O)Nc4ccccc4Cl)c(OC)c3)C2=O)cc1. The highest BCUT2D eigenvalue weighted by molar-refractivity contribution is 14.1. The average Bonchev–Trinajstić information content (AvgIpc) is 2.92. The first-order chi connectivity index (χ1) is 19.2. The first-order valence-corrected chi connectivity index (χ1v) is 13.4. The highest BCUT2D eigenvalue weighted by atomic mass is 127. The molecule has 0 bridgehead atoms. The molecule has 3 aromatic rings. The van der Waals surface area contributed by atoms with E-state index >= 15 is 0 Å². The van der Waals surface area contributed by atoms with Gasteiger partial charge >= 0.3 is 6.03 Å². The molecule has 3 aromatic carbocycles. The number of halogens is 2. The molecule has 1 saturated heterocycles. The van der Waals surface area contributed by atoms with Gasteiger partial charge in [-0.15, -0.1) is 0 Å². The summed E-state index contributed by atoms with van der Waals surface area (Å²) < 4.78 is 17.1. The van der Waals surface area contributed by atoms with Gasteiger partial charge in [0.2, 0.25) is 0 Å². The van der Waals surface area contributed by atoms with Crippen LogP contribution in [0.2, 0.25) is 5.02 Å². The van der Waals surface area contributed by atoms with Gasteiger partial charge in [0, 0.05) is 0 Å². The van der Waals surface area contributed by atoms with E-state index < -0.39 is 23.8 Å². The Labute approximate surface area is 248 Å². The Morgan fingerprint density at radius 1 is 1.07 bits per heavy atom. The van der Waals surface area contributed by atoms with E-state index in [-0.39, 0.29) is 23.6 Å². The number of hydrogen-bond donors (Lipinski definition) is 2. The third-order valence-electron chi connectivity index (χ3n) is 5.57. The van der Waals surface area contributed by atoms with E-state index in [1.807, 2.05) is 29.5 Å². The molecule has 206 valence electrons. The fourth-order valence-corrected chi connectivity index (χ4v) is 4.73. The highest BCUT2D eigenvalue weighted by Gasteiger charge is 2.37. The zero-order chi connectivity index (χ0) is 28.8. The maximum absolute atomic E-state index is 13.3. The summed E-state index contributed by atoms with van der Waals surface area (Å²) in [6.07, 6.45) is 1.35. The molecule has 0 aromatic heterocycles. The Hall–Kier alpha value is -4.10. The quantitative estimate of drug-likeness (QED) is 0.185. The van der Waals surface area contributed by atoms with Gasteiger partial charge in [-0.3, -0.25) is 19.7 Å². The molecule has 1 fully saturated rings. The number of urea groups is 1. The molecule has 0 atom stereocenters. The number of hydrogen-bond acceptors (Lipinski definition) is 7. The van der Waals surface area contributed by atoms with E-state index in [1.54, 1.807) is 60.7 Å². The van der Waals surface area contributed by atoms with Gasteiger partial charge in [-0.1, -0.05) is 23.7 Å². The van der Waals surface area contributed by atoms with E-state index in [0.717, 1.165) is 4.90 Å². The lowest BCUT2D eigenvalue weighted by Crippen LogP contribution is -2.54. The lowest BCUT2D eigenvalue weighted by molar-refractivity contribution is -0.122. The van der Waals surface area contributed by atoms with Crippen LogP contribution in [-0.4, -0.2) is 44.1 Å². The molecule has 1 aliphatic heterocycles. The number of rotatable bonds is 9. The molecular formula is C28H23ClIN3O7. The number of nitrogens with one attached hydrogen (secondary N) is 2. The number of barbiturate groups is 1. The summed E-state index contributed by atoms with van der Waals surface area (Å²) in [5.41, 5.74) is 0.914. The average molecular weight is 676 g/mol. The van der Waals surface area contributed by atoms with Crippen molar-refractivity contribution in [1.82, 2.24) is 5.32 Å². The van der Waals surface area contributed by atoms with Crippen LogP contribution in [0.1, 0.15) is 12.5 Å². The smallest absolute Gasteiger partial charge is 0.335 e. The van der Waals surface area contributed by atoms with Gasteiger partial charge in [0.15, 0.2) is 18.1 Å². The standard InChI is InChI=1S/C28H23ClIN3O7/c1-3-39-18-10-8-17(9-11-18)33-27(36)19(26(35)32-28(33)37)12-16-13-21(30)25(23(14-16)38-2)40-15-24(34)31-22-7-5-4-6-20(22)29/h4-14H,3,15H2,1-2H3,(H,31,34)(H,32,35,37)/b19-12+. The predicted molar refractivity (Wildman–Crippen MR) is 158 cm³/mol. The van der Waals surface area contributed by atoms with Crippen LogP contribution >= 0.6 is 34.2 Å². The minimum atomic E-state index is -0.859. The summed E-state index contributed by atoms with van der Waals surface area (Å²) in [6.45, 7) is 1.98. The maximum atomic E-state index is 13.3. The Morgan fingerprint density at radius 3 is 2.48 bits per heavy atom. The lowest BCUT2D eigenvalue weighted by atomic mass is 10.1. The minimum Gasteiger partial charge on any atom is -0.494 e. The number of imide groups is 2. The van der Waals surface area contributed by atoms with Crippen molar-refractivity contribution in [1.29, 1.82) is 0 Å². The van der Waals surface area contributed by atoms with E-state index in [2.05, 4.69) is 10.6 Å². The van der Waals surface area contributed by atoms with Crippen LogP contribution < -0.4 is 29.7 Å². The van der Waals surface area contributed by atoms with Crippen LogP contribution in [0, 0.1) is 3.57 Å². The van der Waals surface area contributed by atoms with Crippen LogP contribution in [0.3, 0.4) is 0 Å². The van der Waals surface area contributed by atoms with Gasteiger partial charge in [0.25, 0.3) is 17.7 Å². The van der Waals surface area contributed by atoms with Gasteiger partial charge in [-0.25, -0.2) is 9.69 Å². The summed E-state index contributed by atoms with van der Waals surface area (Å²) >= 11 is 8.08. The molecule has 0 radical (unpaired) electrons. The zero-order valence-electron chi connectivity index (χ0n) is 21.3. The van der Waals surface area contributed by atoms with Gasteiger partial charge in [-0.2, -0.15) is 0 Å². The number of nitrogens with zero attached hydrogens (tertiary/aromatic N) is 1. The fourth-order valence-electron chi connectivity index (χ4n) is 3.77. The van der Waals surface area contributed by atoms with Crippen LogP contribution in [-0.2, 0) is 14.4 Å². The van der Waals surface area contributed by atoms with Crippen molar-refractivity contribution in [2.75, 3.05) is 30.5 Å². The number of para-hydroxylation sites is 1. The van der Waals surface area contributed by atoms with Gasteiger partial charge in [0.05, 0.1) is 33.7 Å². The molecular weight excluding hydrogens is 653 g/mol. The number of carbonyl (C=O) groups is 4.